The number of rotatable bonds is 3. The lowest BCUT2D eigenvalue weighted by molar-refractivity contribution is 0.454. The van der Waals surface area contributed by atoms with Crippen molar-refractivity contribution in [2.75, 3.05) is 0 Å². The third kappa shape index (κ3) is 4.24. The number of benzene rings is 1. The van der Waals surface area contributed by atoms with E-state index in [1.807, 2.05) is 12.1 Å². The molecule has 2 nitrogen and oxygen atoms in total. The van der Waals surface area contributed by atoms with E-state index in [1.165, 1.54) is 0 Å². The lowest BCUT2D eigenvalue weighted by atomic mass is 10.0. The lowest BCUT2D eigenvalue weighted by Gasteiger charge is -2.14. The molecule has 1 rings (SSSR count). The first-order valence-electron chi connectivity index (χ1n) is 4.49. The van der Waals surface area contributed by atoms with Crippen LogP contribution in [0.3, 0.4) is 0 Å². The molecule has 0 aliphatic carbocycles. The highest BCUT2D eigenvalue weighted by Crippen LogP contribution is 2.31. The van der Waals surface area contributed by atoms with E-state index in [0.29, 0.717) is 5.75 Å². The SMILES string of the molecule is CCC[C@H](N)c1cc(I)cc(I)c1O.Cl. The van der Waals surface area contributed by atoms with Gasteiger partial charge in [0.25, 0.3) is 0 Å². The van der Waals surface area contributed by atoms with Crippen molar-refractivity contribution in [3.05, 3.63) is 24.8 Å². The molecular weight excluding hydrogens is 439 g/mol. The number of phenols is 1. The van der Waals surface area contributed by atoms with Crippen LogP contribution in [0.15, 0.2) is 12.1 Å². The lowest BCUT2D eigenvalue weighted by Crippen LogP contribution is -2.10. The van der Waals surface area contributed by atoms with Crippen LogP contribution in [0.5, 0.6) is 5.75 Å². The average molecular weight is 453 g/mol. The van der Waals surface area contributed by atoms with E-state index in [9.17, 15) is 5.11 Å². The van der Waals surface area contributed by atoms with Crippen LogP contribution in [0, 0.1) is 7.14 Å². The summed E-state index contributed by atoms with van der Waals surface area (Å²) < 4.78 is 1.99. The van der Waals surface area contributed by atoms with Crippen molar-refractivity contribution in [2.45, 2.75) is 25.8 Å². The zero-order valence-electron chi connectivity index (χ0n) is 8.34. The number of aromatic hydroxyl groups is 1. The molecule has 0 aliphatic rings. The maximum absolute atomic E-state index is 9.83. The summed E-state index contributed by atoms with van der Waals surface area (Å²) in [4.78, 5) is 0. The van der Waals surface area contributed by atoms with Gasteiger partial charge in [-0.25, -0.2) is 0 Å². The molecule has 0 amide bonds. The highest BCUT2D eigenvalue weighted by atomic mass is 127. The quantitative estimate of drug-likeness (QED) is 0.684. The van der Waals surface area contributed by atoms with Gasteiger partial charge in [0, 0.05) is 15.2 Å². The minimum absolute atomic E-state index is 0. The van der Waals surface area contributed by atoms with E-state index in [2.05, 4.69) is 52.1 Å². The molecule has 0 saturated heterocycles. The summed E-state index contributed by atoms with van der Waals surface area (Å²) in [5.74, 6) is 0.340. The van der Waals surface area contributed by atoms with Gasteiger partial charge in [-0.2, -0.15) is 0 Å². The average Bonchev–Trinajstić information content (AvgIpc) is 2.11. The largest absolute Gasteiger partial charge is 0.506 e. The van der Waals surface area contributed by atoms with Crippen molar-refractivity contribution in [3.63, 3.8) is 0 Å². The van der Waals surface area contributed by atoms with E-state index in [-0.39, 0.29) is 18.4 Å². The van der Waals surface area contributed by atoms with Crippen LogP contribution in [0.2, 0.25) is 0 Å². The summed E-state index contributed by atoms with van der Waals surface area (Å²) in [6, 6.07) is 3.85. The van der Waals surface area contributed by atoms with Gasteiger partial charge in [-0.05, 0) is 63.7 Å². The number of halogens is 3. The van der Waals surface area contributed by atoms with Gasteiger partial charge in [0.2, 0.25) is 0 Å². The minimum atomic E-state index is -0.0526. The molecule has 5 heteroatoms. The van der Waals surface area contributed by atoms with Crippen molar-refractivity contribution < 1.29 is 5.11 Å². The van der Waals surface area contributed by atoms with Crippen molar-refractivity contribution in [2.24, 2.45) is 5.73 Å². The molecule has 0 bridgehead atoms. The summed E-state index contributed by atoms with van der Waals surface area (Å²) in [5.41, 5.74) is 6.84. The Hall–Kier alpha value is 0.730. The minimum Gasteiger partial charge on any atom is -0.506 e. The molecule has 0 aromatic heterocycles. The van der Waals surface area contributed by atoms with Gasteiger partial charge in [-0.3, -0.25) is 0 Å². The molecule has 0 radical (unpaired) electrons. The highest BCUT2D eigenvalue weighted by molar-refractivity contribution is 14.1. The van der Waals surface area contributed by atoms with Gasteiger partial charge in [-0.1, -0.05) is 13.3 Å². The van der Waals surface area contributed by atoms with E-state index >= 15 is 0 Å². The van der Waals surface area contributed by atoms with Crippen LogP contribution in [-0.4, -0.2) is 5.11 Å². The predicted octanol–water partition coefficient (Wildman–Crippen LogP) is 3.82. The molecule has 0 aliphatic heterocycles. The first-order valence-corrected chi connectivity index (χ1v) is 6.65. The molecule has 0 saturated carbocycles. The van der Waals surface area contributed by atoms with Gasteiger partial charge in [0.1, 0.15) is 5.75 Å². The Morgan fingerprint density at radius 3 is 2.53 bits per heavy atom. The van der Waals surface area contributed by atoms with Crippen LogP contribution in [0.4, 0.5) is 0 Å². The fourth-order valence-electron chi connectivity index (χ4n) is 1.34. The Balaban J connectivity index is 0.00000196. The maximum atomic E-state index is 9.83. The summed E-state index contributed by atoms with van der Waals surface area (Å²) in [7, 11) is 0. The first-order chi connectivity index (χ1) is 6.56. The van der Waals surface area contributed by atoms with Crippen LogP contribution in [0.25, 0.3) is 0 Å². The maximum Gasteiger partial charge on any atom is 0.133 e. The Kier molecular flexibility index (Phi) is 7.48. The Morgan fingerprint density at radius 2 is 2.00 bits per heavy atom. The normalized spacial score (nSPS) is 12.0. The molecule has 1 aromatic rings. The Labute approximate surface area is 124 Å². The van der Waals surface area contributed by atoms with Crippen molar-refractivity contribution in [1.29, 1.82) is 0 Å². The molecule has 86 valence electrons. The smallest absolute Gasteiger partial charge is 0.133 e. The Morgan fingerprint density at radius 1 is 1.40 bits per heavy atom. The van der Waals surface area contributed by atoms with Crippen molar-refractivity contribution in [1.82, 2.24) is 0 Å². The molecule has 0 unspecified atom stereocenters. The molecule has 1 aromatic carbocycles. The monoisotopic (exact) mass is 453 g/mol. The number of hydrogen-bond acceptors (Lipinski definition) is 2. The second-order valence-corrected chi connectivity index (χ2v) is 5.63. The topological polar surface area (TPSA) is 46.2 Å². The Bertz CT molecular complexity index is 333. The molecule has 3 N–H and O–H groups in total. The number of phenolic OH excluding ortho intramolecular Hbond substituents is 1. The van der Waals surface area contributed by atoms with Gasteiger partial charge >= 0.3 is 0 Å². The predicted molar refractivity (Wildman–Crippen MR) is 82.6 cm³/mol. The highest BCUT2D eigenvalue weighted by Gasteiger charge is 2.13. The number of hydrogen-bond donors (Lipinski definition) is 2. The first kappa shape index (κ1) is 15.7. The van der Waals surface area contributed by atoms with Gasteiger partial charge in [-0.15, -0.1) is 12.4 Å². The second-order valence-electron chi connectivity index (χ2n) is 3.22. The zero-order valence-corrected chi connectivity index (χ0v) is 13.5. The van der Waals surface area contributed by atoms with Crippen molar-refractivity contribution >= 4 is 57.6 Å². The van der Waals surface area contributed by atoms with Gasteiger partial charge in [0.05, 0.1) is 3.57 Å². The molecule has 0 spiro atoms. The fourth-order valence-corrected chi connectivity index (χ4v) is 3.22. The van der Waals surface area contributed by atoms with Gasteiger partial charge in [0.15, 0.2) is 0 Å². The molecule has 15 heavy (non-hydrogen) atoms. The standard InChI is InChI=1S/C10H13I2NO.ClH/c1-2-3-9(13)7-4-6(11)5-8(12)10(7)14;/h4-5,9,14H,2-3,13H2,1H3;1H/t9-;/m0./s1. The van der Waals surface area contributed by atoms with Crippen molar-refractivity contribution in [3.8, 4) is 5.75 Å². The molecular formula is C10H14ClI2NO. The second kappa shape index (κ2) is 7.13. The summed E-state index contributed by atoms with van der Waals surface area (Å²) in [6.45, 7) is 2.09. The third-order valence-corrected chi connectivity index (χ3v) is 3.50. The van der Waals surface area contributed by atoms with E-state index in [4.69, 9.17) is 5.73 Å². The summed E-state index contributed by atoms with van der Waals surface area (Å²) in [6.07, 6.45) is 1.94. The van der Waals surface area contributed by atoms with Gasteiger partial charge < -0.3 is 10.8 Å². The fraction of sp³-hybridized carbons (Fsp3) is 0.400. The molecule has 0 fully saturated rings. The van der Waals surface area contributed by atoms with E-state index < -0.39 is 0 Å². The van der Waals surface area contributed by atoms with Crippen LogP contribution in [0.1, 0.15) is 31.4 Å². The van der Waals surface area contributed by atoms with Crippen LogP contribution >= 0.6 is 57.6 Å². The summed E-state index contributed by atoms with van der Waals surface area (Å²) in [5, 5.41) is 9.83. The third-order valence-electron chi connectivity index (χ3n) is 2.06. The zero-order chi connectivity index (χ0) is 10.7. The van der Waals surface area contributed by atoms with E-state index in [0.717, 1.165) is 25.5 Å². The summed E-state index contributed by atoms with van der Waals surface area (Å²) >= 11 is 4.37. The number of nitrogens with two attached hydrogens (primary N) is 1. The molecule has 1 atom stereocenters. The van der Waals surface area contributed by atoms with Crippen LogP contribution < -0.4 is 5.73 Å². The van der Waals surface area contributed by atoms with Crippen LogP contribution in [-0.2, 0) is 0 Å². The molecule has 0 heterocycles. The van der Waals surface area contributed by atoms with E-state index in [1.54, 1.807) is 0 Å².